The first-order chi connectivity index (χ1) is 8.51. The fourth-order valence-electron chi connectivity index (χ4n) is 1.97. The number of benzene rings is 1. The number of hydrogen-bond acceptors (Lipinski definition) is 3. The van der Waals surface area contributed by atoms with Crippen molar-refractivity contribution in [2.75, 3.05) is 6.54 Å². The highest BCUT2D eigenvalue weighted by atomic mass is 16.3. The van der Waals surface area contributed by atoms with Gasteiger partial charge < -0.3 is 15.7 Å². The second-order valence-electron chi connectivity index (χ2n) is 4.41. The molecule has 1 aromatic carbocycles. The van der Waals surface area contributed by atoms with E-state index in [2.05, 4.69) is 0 Å². The second-order valence-corrected chi connectivity index (χ2v) is 4.41. The summed E-state index contributed by atoms with van der Waals surface area (Å²) in [6.45, 7) is 6.37. The van der Waals surface area contributed by atoms with Gasteiger partial charge in [-0.15, -0.1) is 0 Å². The van der Waals surface area contributed by atoms with Crippen LogP contribution in [0.15, 0.2) is 24.3 Å². The van der Waals surface area contributed by atoms with Gasteiger partial charge in [-0.1, -0.05) is 19.1 Å². The van der Waals surface area contributed by atoms with Crippen LogP contribution in [0.1, 0.15) is 38.8 Å². The molecule has 1 unspecified atom stereocenters. The van der Waals surface area contributed by atoms with Gasteiger partial charge in [-0.25, -0.2) is 0 Å². The monoisotopic (exact) mass is 250 g/mol. The molecule has 0 fully saturated rings. The molecule has 0 radical (unpaired) electrons. The van der Waals surface area contributed by atoms with E-state index in [4.69, 9.17) is 5.73 Å². The van der Waals surface area contributed by atoms with E-state index >= 15 is 0 Å². The summed E-state index contributed by atoms with van der Waals surface area (Å²) in [5.74, 6) is 0.165. The van der Waals surface area contributed by atoms with Gasteiger partial charge in [-0.3, -0.25) is 4.79 Å². The first kappa shape index (κ1) is 14.5. The molecule has 100 valence electrons. The molecule has 0 aliphatic carbocycles. The van der Waals surface area contributed by atoms with E-state index in [0.29, 0.717) is 13.0 Å². The van der Waals surface area contributed by atoms with Gasteiger partial charge in [-0.2, -0.15) is 0 Å². The maximum Gasteiger partial charge on any atom is 0.239 e. The minimum atomic E-state index is -0.454. The molecule has 1 aromatic rings. The maximum absolute atomic E-state index is 12.1. The van der Waals surface area contributed by atoms with Crippen molar-refractivity contribution in [3.05, 3.63) is 29.8 Å². The third-order valence-corrected chi connectivity index (χ3v) is 3.20. The molecule has 0 saturated carbocycles. The fourth-order valence-corrected chi connectivity index (χ4v) is 1.97. The Hall–Kier alpha value is -1.55. The Morgan fingerprint density at radius 3 is 2.61 bits per heavy atom. The van der Waals surface area contributed by atoms with Crippen LogP contribution in [0.2, 0.25) is 0 Å². The molecule has 0 aromatic heterocycles. The van der Waals surface area contributed by atoms with Crippen molar-refractivity contribution in [1.29, 1.82) is 0 Å². The van der Waals surface area contributed by atoms with E-state index in [1.165, 1.54) is 0 Å². The van der Waals surface area contributed by atoms with Crippen molar-refractivity contribution in [2.45, 2.75) is 39.3 Å². The fraction of sp³-hybridized carbons (Fsp3) is 0.500. The first-order valence-electron chi connectivity index (χ1n) is 6.36. The zero-order valence-corrected chi connectivity index (χ0v) is 11.3. The van der Waals surface area contributed by atoms with E-state index < -0.39 is 6.04 Å². The van der Waals surface area contributed by atoms with Crippen molar-refractivity contribution in [3.8, 4) is 5.75 Å². The Bertz CT molecular complexity index is 407. The Balaban J connectivity index is 2.92. The number of carbonyl (C=O) groups is 1. The Morgan fingerprint density at radius 2 is 2.11 bits per heavy atom. The standard InChI is InChI=1S/C14H22N2O2/c1-4-13(15)14(18)16(5-2)10(3)11-7-6-8-12(17)9-11/h6-10,13,17H,4-5,15H2,1-3H3/t10?,13-/m1/s1. The van der Waals surface area contributed by atoms with Crippen molar-refractivity contribution in [2.24, 2.45) is 5.73 Å². The predicted octanol–water partition coefficient (Wildman–Crippen LogP) is 2.04. The molecule has 2 atom stereocenters. The first-order valence-corrected chi connectivity index (χ1v) is 6.36. The Labute approximate surface area is 108 Å². The molecule has 0 aliphatic rings. The molecule has 18 heavy (non-hydrogen) atoms. The molecular weight excluding hydrogens is 228 g/mol. The highest BCUT2D eigenvalue weighted by Gasteiger charge is 2.23. The van der Waals surface area contributed by atoms with Crippen LogP contribution >= 0.6 is 0 Å². The topological polar surface area (TPSA) is 66.6 Å². The molecule has 0 spiro atoms. The molecule has 0 saturated heterocycles. The Kier molecular flexibility index (Phi) is 5.16. The molecular formula is C14H22N2O2. The smallest absolute Gasteiger partial charge is 0.239 e. The number of likely N-dealkylation sites (N-methyl/N-ethyl adjacent to an activating group) is 1. The van der Waals surface area contributed by atoms with E-state index in [0.717, 1.165) is 5.56 Å². The Morgan fingerprint density at radius 1 is 1.44 bits per heavy atom. The summed E-state index contributed by atoms with van der Waals surface area (Å²) in [7, 11) is 0. The van der Waals surface area contributed by atoms with Crippen LogP contribution in [-0.2, 0) is 4.79 Å². The zero-order chi connectivity index (χ0) is 13.7. The number of amides is 1. The summed E-state index contributed by atoms with van der Waals surface area (Å²) >= 11 is 0. The molecule has 0 aliphatic heterocycles. The molecule has 4 nitrogen and oxygen atoms in total. The molecule has 0 heterocycles. The highest BCUT2D eigenvalue weighted by Crippen LogP contribution is 2.23. The van der Waals surface area contributed by atoms with Crippen LogP contribution < -0.4 is 5.73 Å². The van der Waals surface area contributed by atoms with Crippen LogP contribution in [0.5, 0.6) is 5.75 Å². The van der Waals surface area contributed by atoms with E-state index in [1.807, 2.05) is 26.8 Å². The molecule has 3 N–H and O–H groups in total. The van der Waals surface area contributed by atoms with Gasteiger partial charge in [0.25, 0.3) is 0 Å². The quantitative estimate of drug-likeness (QED) is 0.840. The molecule has 0 bridgehead atoms. The van der Waals surface area contributed by atoms with Crippen molar-refractivity contribution in [1.82, 2.24) is 4.90 Å². The van der Waals surface area contributed by atoms with E-state index in [9.17, 15) is 9.90 Å². The average molecular weight is 250 g/mol. The minimum absolute atomic E-state index is 0.0455. The number of aromatic hydroxyl groups is 1. The van der Waals surface area contributed by atoms with Crippen LogP contribution in [0.4, 0.5) is 0 Å². The number of phenols is 1. The van der Waals surface area contributed by atoms with Gasteiger partial charge in [0.05, 0.1) is 12.1 Å². The van der Waals surface area contributed by atoms with Crippen LogP contribution in [0.25, 0.3) is 0 Å². The SMILES string of the molecule is CC[C@@H](N)C(=O)N(CC)C(C)c1cccc(O)c1. The second kappa shape index (κ2) is 6.40. The molecule has 1 amide bonds. The number of carbonyl (C=O) groups excluding carboxylic acids is 1. The lowest BCUT2D eigenvalue weighted by atomic mass is 10.1. The largest absolute Gasteiger partial charge is 0.508 e. The number of phenolic OH excluding ortho intramolecular Hbond substituents is 1. The third kappa shape index (κ3) is 3.23. The van der Waals surface area contributed by atoms with Gasteiger partial charge in [-0.05, 0) is 38.0 Å². The minimum Gasteiger partial charge on any atom is -0.508 e. The summed E-state index contributed by atoms with van der Waals surface area (Å²) in [5, 5.41) is 9.48. The summed E-state index contributed by atoms with van der Waals surface area (Å²) in [6, 6.07) is 6.43. The van der Waals surface area contributed by atoms with Gasteiger partial charge >= 0.3 is 0 Å². The maximum atomic E-state index is 12.1. The summed E-state index contributed by atoms with van der Waals surface area (Å²) in [4.78, 5) is 13.9. The van der Waals surface area contributed by atoms with Gasteiger partial charge in [0.1, 0.15) is 5.75 Å². The lowest BCUT2D eigenvalue weighted by Crippen LogP contribution is -2.44. The predicted molar refractivity (Wildman–Crippen MR) is 72.2 cm³/mol. The van der Waals surface area contributed by atoms with Gasteiger partial charge in [0.2, 0.25) is 5.91 Å². The third-order valence-electron chi connectivity index (χ3n) is 3.20. The van der Waals surface area contributed by atoms with Gasteiger partial charge in [0.15, 0.2) is 0 Å². The zero-order valence-electron chi connectivity index (χ0n) is 11.3. The van der Waals surface area contributed by atoms with Gasteiger partial charge in [0, 0.05) is 6.54 Å². The summed E-state index contributed by atoms with van der Waals surface area (Å²) < 4.78 is 0. The van der Waals surface area contributed by atoms with E-state index in [-0.39, 0.29) is 17.7 Å². The van der Waals surface area contributed by atoms with Crippen molar-refractivity contribution < 1.29 is 9.90 Å². The van der Waals surface area contributed by atoms with Crippen LogP contribution in [-0.4, -0.2) is 28.5 Å². The van der Waals surface area contributed by atoms with E-state index in [1.54, 1.807) is 23.1 Å². The highest BCUT2D eigenvalue weighted by molar-refractivity contribution is 5.82. The van der Waals surface area contributed by atoms with Crippen LogP contribution in [0.3, 0.4) is 0 Å². The lowest BCUT2D eigenvalue weighted by Gasteiger charge is -2.30. The number of nitrogens with zero attached hydrogens (tertiary/aromatic N) is 1. The summed E-state index contributed by atoms with van der Waals surface area (Å²) in [6.07, 6.45) is 0.627. The van der Waals surface area contributed by atoms with Crippen molar-refractivity contribution >= 4 is 5.91 Å². The van der Waals surface area contributed by atoms with Crippen LogP contribution in [0, 0.1) is 0 Å². The number of hydrogen-bond donors (Lipinski definition) is 2. The molecule has 4 heteroatoms. The number of rotatable bonds is 5. The number of nitrogens with two attached hydrogens (primary N) is 1. The molecule has 1 rings (SSSR count). The summed E-state index contributed by atoms with van der Waals surface area (Å²) in [5.41, 5.74) is 6.71. The lowest BCUT2D eigenvalue weighted by molar-refractivity contribution is -0.134. The average Bonchev–Trinajstić information content (AvgIpc) is 2.38. The van der Waals surface area contributed by atoms with Crippen molar-refractivity contribution in [3.63, 3.8) is 0 Å². The normalized spacial score (nSPS) is 14.0.